The predicted octanol–water partition coefficient (Wildman–Crippen LogP) is 9.25. The van der Waals surface area contributed by atoms with E-state index < -0.39 is 7.14 Å². The van der Waals surface area contributed by atoms with Gasteiger partial charge in [-0.05, 0) is 54.2 Å². The molecule has 1 nitrogen and oxygen atoms in total. The van der Waals surface area contributed by atoms with Crippen LogP contribution in [0.5, 0.6) is 0 Å². The maximum atomic E-state index is 16.5. The molecule has 0 radical (unpaired) electrons. The first-order valence-electron chi connectivity index (χ1n) is 14.0. The first-order chi connectivity index (χ1) is 19.9. The van der Waals surface area contributed by atoms with Crippen molar-refractivity contribution in [2.45, 2.75) is 20.8 Å². The fraction of sp³-hybridized carbons (Fsp3) is 0.0769. The quantitative estimate of drug-likeness (QED) is 0.190. The van der Waals surface area contributed by atoms with Crippen molar-refractivity contribution in [3.8, 4) is 33.4 Å². The van der Waals surface area contributed by atoms with Gasteiger partial charge in [0.05, 0.1) is 0 Å². The first kappa shape index (κ1) is 26.8. The van der Waals surface area contributed by atoms with E-state index in [1.165, 1.54) is 16.7 Å². The molecule has 6 rings (SSSR count). The third kappa shape index (κ3) is 5.10. The molecule has 0 saturated heterocycles. The highest BCUT2D eigenvalue weighted by Crippen LogP contribution is 2.49. The topological polar surface area (TPSA) is 17.1 Å². The van der Waals surface area contributed by atoms with Crippen LogP contribution in [-0.2, 0) is 4.57 Å². The van der Waals surface area contributed by atoms with E-state index in [1.54, 1.807) is 0 Å². The molecule has 6 aromatic carbocycles. The average molecular weight is 549 g/mol. The van der Waals surface area contributed by atoms with Crippen LogP contribution in [0.3, 0.4) is 0 Å². The Hall–Kier alpha value is -4.45. The van der Waals surface area contributed by atoms with Crippen LogP contribution in [0, 0.1) is 20.8 Å². The van der Waals surface area contributed by atoms with Crippen molar-refractivity contribution in [2.24, 2.45) is 0 Å². The second kappa shape index (κ2) is 11.2. The van der Waals surface area contributed by atoms with Crippen molar-refractivity contribution < 1.29 is 4.57 Å². The molecule has 0 aliphatic heterocycles. The number of aryl methyl sites for hydroxylation is 3. The van der Waals surface area contributed by atoms with E-state index in [0.29, 0.717) is 0 Å². The minimum atomic E-state index is -3.43. The van der Waals surface area contributed by atoms with Crippen LogP contribution in [0.25, 0.3) is 33.4 Å². The molecule has 41 heavy (non-hydrogen) atoms. The third-order valence-corrected chi connectivity index (χ3v) is 10.9. The van der Waals surface area contributed by atoms with E-state index >= 15 is 4.57 Å². The van der Waals surface area contributed by atoms with Gasteiger partial charge in [-0.3, -0.25) is 0 Å². The standard InChI is InChI=1S/C39H33OP/c1-28-13-10-16-31(25-28)34-19-4-7-22-37(34)41(40,38-23-8-5-20-35(38)32-17-11-14-29(2)26-32)39-24-9-6-21-36(39)33-18-12-15-30(3)27-33/h4-27H,1-3H3. The molecule has 0 bridgehead atoms. The van der Waals surface area contributed by atoms with Gasteiger partial charge in [0.25, 0.3) is 0 Å². The van der Waals surface area contributed by atoms with Gasteiger partial charge in [-0.25, -0.2) is 0 Å². The molecule has 0 heterocycles. The van der Waals surface area contributed by atoms with Crippen LogP contribution in [-0.4, -0.2) is 0 Å². The molecule has 0 atom stereocenters. The van der Waals surface area contributed by atoms with Gasteiger partial charge < -0.3 is 4.57 Å². The summed E-state index contributed by atoms with van der Waals surface area (Å²) in [5, 5.41) is 2.56. The molecule has 0 fully saturated rings. The van der Waals surface area contributed by atoms with Gasteiger partial charge in [0.2, 0.25) is 0 Å². The Kier molecular flexibility index (Phi) is 7.31. The molecule has 0 aliphatic carbocycles. The zero-order valence-electron chi connectivity index (χ0n) is 23.7. The third-order valence-electron chi connectivity index (χ3n) is 7.72. The van der Waals surface area contributed by atoms with Crippen LogP contribution in [0.2, 0.25) is 0 Å². The van der Waals surface area contributed by atoms with Crippen molar-refractivity contribution in [1.29, 1.82) is 0 Å². The Morgan fingerprint density at radius 1 is 0.366 bits per heavy atom. The van der Waals surface area contributed by atoms with E-state index in [-0.39, 0.29) is 0 Å². The minimum Gasteiger partial charge on any atom is -0.309 e. The fourth-order valence-electron chi connectivity index (χ4n) is 5.80. The van der Waals surface area contributed by atoms with Crippen LogP contribution >= 0.6 is 7.14 Å². The van der Waals surface area contributed by atoms with Crippen LogP contribution in [0.4, 0.5) is 0 Å². The number of rotatable bonds is 6. The summed E-state index contributed by atoms with van der Waals surface area (Å²) in [6, 6.07) is 50.2. The molecule has 2 heteroatoms. The number of hydrogen-bond acceptors (Lipinski definition) is 1. The maximum Gasteiger partial charge on any atom is 0.172 e. The maximum absolute atomic E-state index is 16.5. The largest absolute Gasteiger partial charge is 0.309 e. The minimum absolute atomic E-state index is 0.853. The summed E-state index contributed by atoms with van der Waals surface area (Å²) in [4.78, 5) is 0. The lowest BCUT2D eigenvalue weighted by Crippen LogP contribution is -2.29. The lowest BCUT2D eigenvalue weighted by Gasteiger charge is -2.27. The number of hydrogen-bond donors (Lipinski definition) is 0. The van der Waals surface area contributed by atoms with E-state index in [9.17, 15) is 0 Å². The average Bonchev–Trinajstić information content (AvgIpc) is 3.01. The van der Waals surface area contributed by atoms with Crippen molar-refractivity contribution in [2.75, 3.05) is 0 Å². The summed E-state index contributed by atoms with van der Waals surface area (Å²) in [6.07, 6.45) is 0. The van der Waals surface area contributed by atoms with E-state index in [0.717, 1.165) is 49.3 Å². The highest BCUT2D eigenvalue weighted by Gasteiger charge is 2.36. The Balaban J connectivity index is 1.73. The summed E-state index contributed by atoms with van der Waals surface area (Å²) in [5.41, 5.74) is 9.73. The van der Waals surface area contributed by atoms with E-state index in [4.69, 9.17) is 0 Å². The summed E-state index contributed by atoms with van der Waals surface area (Å²) in [5.74, 6) is 0. The lowest BCUT2D eigenvalue weighted by molar-refractivity contribution is 0.592. The normalized spacial score (nSPS) is 11.4. The van der Waals surface area contributed by atoms with Gasteiger partial charge in [-0.2, -0.15) is 0 Å². The SMILES string of the molecule is Cc1cccc(-c2ccccc2P(=O)(c2ccccc2-c2cccc(C)c2)c2ccccc2-c2cccc(C)c2)c1. The Bertz CT molecular complexity index is 1690. The van der Waals surface area contributed by atoms with Gasteiger partial charge in [-0.15, -0.1) is 0 Å². The first-order valence-corrected chi connectivity index (χ1v) is 15.8. The van der Waals surface area contributed by atoms with Gasteiger partial charge in [0.1, 0.15) is 0 Å². The highest BCUT2D eigenvalue weighted by molar-refractivity contribution is 7.86. The molecule has 0 amide bonds. The predicted molar refractivity (Wildman–Crippen MR) is 176 cm³/mol. The smallest absolute Gasteiger partial charge is 0.172 e. The molecule has 200 valence electrons. The lowest BCUT2D eigenvalue weighted by atomic mass is 10.0. The van der Waals surface area contributed by atoms with Crippen molar-refractivity contribution in [3.63, 3.8) is 0 Å². The summed E-state index contributed by atoms with van der Waals surface area (Å²) < 4.78 is 16.5. The van der Waals surface area contributed by atoms with Crippen LogP contribution < -0.4 is 15.9 Å². The van der Waals surface area contributed by atoms with Crippen LogP contribution in [0.1, 0.15) is 16.7 Å². The molecule has 0 aromatic heterocycles. The molecule has 0 N–H and O–H groups in total. The summed E-state index contributed by atoms with van der Waals surface area (Å²) in [6.45, 7) is 6.31. The van der Waals surface area contributed by atoms with Gasteiger partial charge in [0, 0.05) is 15.9 Å². The molecule has 0 aliphatic rings. The summed E-state index contributed by atoms with van der Waals surface area (Å²) in [7, 11) is -3.43. The molecular weight excluding hydrogens is 515 g/mol. The second-order valence-corrected chi connectivity index (χ2v) is 13.4. The zero-order valence-corrected chi connectivity index (χ0v) is 24.6. The highest BCUT2D eigenvalue weighted by atomic mass is 31.2. The van der Waals surface area contributed by atoms with Gasteiger partial charge in [-0.1, -0.05) is 162 Å². The second-order valence-electron chi connectivity index (χ2n) is 10.8. The Morgan fingerprint density at radius 3 is 0.951 bits per heavy atom. The monoisotopic (exact) mass is 548 g/mol. The summed E-state index contributed by atoms with van der Waals surface area (Å²) >= 11 is 0. The van der Waals surface area contributed by atoms with E-state index in [2.05, 4.69) is 130 Å². The van der Waals surface area contributed by atoms with Gasteiger partial charge >= 0.3 is 0 Å². The molecule has 0 unspecified atom stereocenters. The van der Waals surface area contributed by atoms with Crippen LogP contribution in [0.15, 0.2) is 146 Å². The number of benzene rings is 6. The van der Waals surface area contributed by atoms with Crippen molar-refractivity contribution >= 4 is 23.1 Å². The molecule has 0 saturated carbocycles. The van der Waals surface area contributed by atoms with E-state index in [1.807, 2.05) is 36.4 Å². The Labute approximate surface area is 243 Å². The Morgan fingerprint density at radius 2 is 0.659 bits per heavy atom. The zero-order chi connectivity index (χ0) is 28.4. The molecular formula is C39H33OP. The molecule has 6 aromatic rings. The fourth-order valence-corrected chi connectivity index (χ4v) is 9.10. The molecule has 0 spiro atoms. The van der Waals surface area contributed by atoms with Crippen molar-refractivity contribution in [1.82, 2.24) is 0 Å². The van der Waals surface area contributed by atoms with Crippen molar-refractivity contribution in [3.05, 3.63) is 162 Å². The van der Waals surface area contributed by atoms with Gasteiger partial charge in [0.15, 0.2) is 7.14 Å².